The molecule has 1 amide bonds. The van der Waals surface area contributed by atoms with Gasteiger partial charge in [-0.3, -0.25) is 14.5 Å². The number of nitrogens with zero attached hydrogens (tertiary/aromatic N) is 2. The second-order valence-corrected chi connectivity index (χ2v) is 6.28. The largest absolute Gasteiger partial charge is 0.324 e. The lowest BCUT2D eigenvalue weighted by Gasteiger charge is -2.09. The van der Waals surface area contributed by atoms with Crippen molar-refractivity contribution in [2.24, 2.45) is 0 Å². The number of hydrogen-bond acceptors (Lipinski definition) is 3. The fourth-order valence-electron chi connectivity index (χ4n) is 2.31. The van der Waals surface area contributed by atoms with Gasteiger partial charge in [0.1, 0.15) is 12.4 Å². The highest BCUT2D eigenvalue weighted by molar-refractivity contribution is 7.71. The van der Waals surface area contributed by atoms with Crippen LogP contribution in [-0.4, -0.2) is 20.7 Å². The average Bonchev–Trinajstić information content (AvgIpc) is 2.93. The standard InChI is InChI=1S/C17H14ClFN4OS/c1-10-2-4-11(5-3-10)16-21-22-17(25)23(16)9-15(24)20-12-6-7-14(19)13(18)8-12/h2-8H,9H2,1H3,(H,20,24)(H,22,25). The number of benzene rings is 2. The Labute approximate surface area is 153 Å². The highest BCUT2D eigenvalue weighted by atomic mass is 35.5. The number of aromatic nitrogens is 3. The fourth-order valence-corrected chi connectivity index (χ4v) is 2.68. The third-order valence-electron chi connectivity index (χ3n) is 3.57. The molecule has 0 bridgehead atoms. The maximum absolute atomic E-state index is 13.2. The van der Waals surface area contributed by atoms with E-state index in [9.17, 15) is 9.18 Å². The summed E-state index contributed by atoms with van der Waals surface area (Å²) in [5, 5.41) is 9.50. The van der Waals surface area contributed by atoms with E-state index in [0.717, 1.165) is 11.1 Å². The molecule has 25 heavy (non-hydrogen) atoms. The molecule has 3 rings (SSSR count). The van der Waals surface area contributed by atoms with Gasteiger partial charge < -0.3 is 5.32 Å². The van der Waals surface area contributed by atoms with Gasteiger partial charge in [-0.1, -0.05) is 41.4 Å². The van der Waals surface area contributed by atoms with Crippen LogP contribution >= 0.6 is 23.8 Å². The third-order valence-corrected chi connectivity index (χ3v) is 4.17. The first-order valence-corrected chi connectivity index (χ1v) is 8.20. The lowest BCUT2D eigenvalue weighted by atomic mass is 10.1. The second-order valence-electron chi connectivity index (χ2n) is 5.48. The number of nitrogens with one attached hydrogen (secondary N) is 2. The maximum atomic E-state index is 13.2. The van der Waals surface area contributed by atoms with Gasteiger partial charge in [0.05, 0.1) is 5.02 Å². The molecule has 0 aliphatic rings. The number of halogens is 2. The highest BCUT2D eigenvalue weighted by Crippen LogP contribution is 2.20. The zero-order valence-electron chi connectivity index (χ0n) is 13.2. The Kier molecular flexibility index (Phi) is 4.96. The molecular formula is C17H14ClFN4OS. The molecule has 3 aromatic rings. The van der Waals surface area contributed by atoms with Gasteiger partial charge in [0.15, 0.2) is 10.6 Å². The Hall–Kier alpha value is -2.51. The molecule has 1 aromatic heterocycles. The number of aryl methyl sites for hydroxylation is 1. The normalized spacial score (nSPS) is 10.7. The molecule has 2 aromatic carbocycles. The van der Waals surface area contributed by atoms with Crippen LogP contribution in [0.15, 0.2) is 42.5 Å². The molecule has 0 saturated carbocycles. The van der Waals surface area contributed by atoms with E-state index in [1.165, 1.54) is 18.2 Å². The predicted molar refractivity (Wildman–Crippen MR) is 97.6 cm³/mol. The minimum Gasteiger partial charge on any atom is -0.324 e. The number of aromatic amines is 1. The van der Waals surface area contributed by atoms with E-state index in [0.29, 0.717) is 16.3 Å². The number of H-pyrrole nitrogens is 1. The van der Waals surface area contributed by atoms with E-state index < -0.39 is 5.82 Å². The van der Waals surface area contributed by atoms with Gasteiger partial charge in [-0.25, -0.2) is 4.39 Å². The average molecular weight is 377 g/mol. The van der Waals surface area contributed by atoms with E-state index in [1.807, 2.05) is 31.2 Å². The fraction of sp³-hybridized carbons (Fsp3) is 0.118. The Morgan fingerprint density at radius 3 is 2.72 bits per heavy atom. The highest BCUT2D eigenvalue weighted by Gasteiger charge is 2.13. The summed E-state index contributed by atoms with van der Waals surface area (Å²) in [4.78, 5) is 12.3. The van der Waals surface area contributed by atoms with Crippen LogP contribution in [-0.2, 0) is 11.3 Å². The first kappa shape index (κ1) is 17.3. The molecule has 0 spiro atoms. The van der Waals surface area contributed by atoms with Crippen molar-refractivity contribution in [3.63, 3.8) is 0 Å². The zero-order valence-corrected chi connectivity index (χ0v) is 14.8. The van der Waals surface area contributed by atoms with Gasteiger partial charge >= 0.3 is 0 Å². The SMILES string of the molecule is Cc1ccc(-c2n[nH]c(=S)n2CC(=O)Nc2ccc(F)c(Cl)c2)cc1. The van der Waals surface area contributed by atoms with Gasteiger partial charge in [0, 0.05) is 11.3 Å². The van der Waals surface area contributed by atoms with Crippen molar-refractivity contribution in [2.75, 3.05) is 5.32 Å². The number of hydrogen-bond donors (Lipinski definition) is 2. The first-order valence-electron chi connectivity index (χ1n) is 7.41. The Morgan fingerprint density at radius 2 is 2.04 bits per heavy atom. The molecule has 128 valence electrons. The summed E-state index contributed by atoms with van der Waals surface area (Å²) in [6.45, 7) is 1.95. The van der Waals surface area contributed by atoms with Crippen molar-refractivity contribution in [1.29, 1.82) is 0 Å². The zero-order chi connectivity index (χ0) is 18.0. The number of amides is 1. The van der Waals surface area contributed by atoms with Crippen molar-refractivity contribution in [1.82, 2.24) is 14.8 Å². The molecule has 0 fully saturated rings. The first-order chi connectivity index (χ1) is 11.9. The predicted octanol–water partition coefficient (Wildman–Crippen LogP) is 4.35. The Morgan fingerprint density at radius 1 is 1.32 bits per heavy atom. The lowest BCUT2D eigenvalue weighted by Crippen LogP contribution is -2.19. The summed E-state index contributed by atoms with van der Waals surface area (Å²) in [6.07, 6.45) is 0. The quantitative estimate of drug-likeness (QED) is 0.665. The number of carbonyl (C=O) groups excluding carboxylic acids is 1. The van der Waals surface area contributed by atoms with Crippen molar-refractivity contribution in [3.8, 4) is 11.4 Å². The summed E-state index contributed by atoms with van der Waals surface area (Å²) in [5.41, 5.74) is 2.37. The van der Waals surface area contributed by atoms with Crippen molar-refractivity contribution < 1.29 is 9.18 Å². The van der Waals surface area contributed by atoms with Crippen LogP contribution in [0.4, 0.5) is 10.1 Å². The Bertz CT molecular complexity index is 981. The summed E-state index contributed by atoms with van der Waals surface area (Å²) in [7, 11) is 0. The van der Waals surface area contributed by atoms with Crippen molar-refractivity contribution in [2.45, 2.75) is 13.5 Å². The number of carbonyl (C=O) groups is 1. The van der Waals surface area contributed by atoms with Crippen LogP contribution in [0.1, 0.15) is 5.56 Å². The van der Waals surface area contributed by atoms with Crippen LogP contribution < -0.4 is 5.32 Å². The molecular weight excluding hydrogens is 363 g/mol. The van der Waals surface area contributed by atoms with Crippen molar-refractivity contribution in [3.05, 3.63) is 63.6 Å². The maximum Gasteiger partial charge on any atom is 0.244 e. The van der Waals surface area contributed by atoms with Crippen LogP contribution in [0.5, 0.6) is 0 Å². The van der Waals surface area contributed by atoms with E-state index in [2.05, 4.69) is 15.5 Å². The van der Waals surface area contributed by atoms with Gasteiger partial charge in [-0.2, -0.15) is 5.10 Å². The molecule has 0 aliphatic heterocycles. The molecule has 8 heteroatoms. The van der Waals surface area contributed by atoms with Crippen LogP contribution in [0.25, 0.3) is 11.4 Å². The van der Waals surface area contributed by atoms with Crippen LogP contribution in [0.2, 0.25) is 5.02 Å². The van der Waals surface area contributed by atoms with Gasteiger partial charge in [-0.05, 0) is 37.3 Å². The van der Waals surface area contributed by atoms with Crippen LogP contribution in [0, 0.1) is 17.5 Å². The topological polar surface area (TPSA) is 62.7 Å². The Balaban J connectivity index is 1.81. The number of rotatable bonds is 4. The van der Waals surface area contributed by atoms with Gasteiger partial charge in [0.2, 0.25) is 5.91 Å². The van der Waals surface area contributed by atoms with Gasteiger partial charge in [0.25, 0.3) is 0 Å². The van der Waals surface area contributed by atoms with E-state index in [4.69, 9.17) is 23.8 Å². The van der Waals surface area contributed by atoms with Crippen LogP contribution in [0.3, 0.4) is 0 Å². The second kappa shape index (κ2) is 7.16. The molecule has 0 unspecified atom stereocenters. The smallest absolute Gasteiger partial charge is 0.244 e. The molecule has 0 radical (unpaired) electrons. The minimum atomic E-state index is -0.543. The molecule has 5 nitrogen and oxygen atoms in total. The van der Waals surface area contributed by atoms with E-state index in [1.54, 1.807) is 4.57 Å². The van der Waals surface area contributed by atoms with E-state index >= 15 is 0 Å². The van der Waals surface area contributed by atoms with Gasteiger partial charge in [-0.15, -0.1) is 0 Å². The third kappa shape index (κ3) is 3.94. The molecule has 2 N–H and O–H groups in total. The summed E-state index contributed by atoms with van der Waals surface area (Å²) < 4.78 is 15.1. The summed E-state index contributed by atoms with van der Waals surface area (Å²) in [5.74, 6) is -0.302. The minimum absolute atomic E-state index is 0.0342. The number of anilines is 1. The van der Waals surface area contributed by atoms with Crippen molar-refractivity contribution >= 4 is 35.4 Å². The molecule has 0 atom stereocenters. The summed E-state index contributed by atoms with van der Waals surface area (Å²) >= 11 is 10.9. The lowest BCUT2D eigenvalue weighted by molar-refractivity contribution is -0.116. The summed E-state index contributed by atoms with van der Waals surface area (Å²) in [6, 6.07) is 11.7. The molecule has 1 heterocycles. The molecule has 0 aliphatic carbocycles. The monoisotopic (exact) mass is 376 g/mol. The van der Waals surface area contributed by atoms with E-state index in [-0.39, 0.29) is 17.5 Å². The molecule has 0 saturated heterocycles.